The van der Waals surface area contributed by atoms with Gasteiger partial charge in [-0.2, -0.15) is 0 Å². The van der Waals surface area contributed by atoms with Crippen LogP contribution in [0.2, 0.25) is 0 Å². The Labute approximate surface area is 71.6 Å². The number of carbonyl (C=O) groups excluding carboxylic acids is 1. The summed E-state index contributed by atoms with van der Waals surface area (Å²) in [5, 5.41) is 0. The number of nitrogens with zero attached hydrogens (tertiary/aromatic N) is 1. The van der Waals surface area contributed by atoms with Gasteiger partial charge in [-0.05, 0) is 17.5 Å². The lowest BCUT2D eigenvalue weighted by Gasteiger charge is -2.03. The molecule has 1 rings (SSSR count). The lowest BCUT2D eigenvalue weighted by Crippen LogP contribution is -2.12. The van der Waals surface area contributed by atoms with Gasteiger partial charge in [-0.15, -0.1) is 0 Å². The van der Waals surface area contributed by atoms with Crippen molar-refractivity contribution in [2.45, 2.75) is 19.8 Å². The van der Waals surface area contributed by atoms with Crippen molar-refractivity contribution in [2.75, 3.05) is 0 Å². The maximum atomic E-state index is 10.6. The highest BCUT2D eigenvalue weighted by Crippen LogP contribution is 2.12. The number of hydrogen-bond acceptors (Lipinski definition) is 2. The Morgan fingerprint density at radius 1 is 1.50 bits per heavy atom. The van der Waals surface area contributed by atoms with Crippen LogP contribution in [0.25, 0.3) is 0 Å². The molecule has 1 aromatic rings. The highest BCUT2D eigenvalue weighted by atomic mass is 16.1. The fraction of sp³-hybridized carbons (Fsp3) is 0.333. The molecule has 64 valence electrons. The van der Waals surface area contributed by atoms with Crippen LogP contribution in [0.1, 0.15) is 35.8 Å². The van der Waals surface area contributed by atoms with Crippen molar-refractivity contribution < 1.29 is 4.79 Å². The van der Waals surface area contributed by atoms with Gasteiger partial charge in [0.25, 0.3) is 5.91 Å². The molecule has 1 amide bonds. The molecule has 0 aliphatic carbocycles. The van der Waals surface area contributed by atoms with E-state index in [4.69, 9.17) is 5.73 Å². The molecule has 0 saturated heterocycles. The van der Waals surface area contributed by atoms with Gasteiger partial charge in [-0.3, -0.25) is 9.78 Å². The summed E-state index contributed by atoms with van der Waals surface area (Å²) in [6.45, 7) is 4.14. The van der Waals surface area contributed by atoms with Crippen molar-refractivity contribution >= 4 is 5.91 Å². The van der Waals surface area contributed by atoms with E-state index in [0.717, 1.165) is 5.56 Å². The summed E-state index contributed by atoms with van der Waals surface area (Å²) in [7, 11) is 0. The van der Waals surface area contributed by atoms with Gasteiger partial charge in [0.1, 0.15) is 5.69 Å². The van der Waals surface area contributed by atoms with Crippen molar-refractivity contribution in [1.29, 1.82) is 0 Å². The van der Waals surface area contributed by atoms with Crippen molar-refractivity contribution in [1.82, 2.24) is 4.98 Å². The van der Waals surface area contributed by atoms with Crippen LogP contribution in [0.5, 0.6) is 0 Å². The summed E-state index contributed by atoms with van der Waals surface area (Å²) in [6, 6.07) is 3.52. The number of aromatic nitrogens is 1. The van der Waals surface area contributed by atoms with Crippen LogP contribution in [0.15, 0.2) is 18.3 Å². The topological polar surface area (TPSA) is 56.0 Å². The molecule has 0 fully saturated rings. The Morgan fingerprint density at radius 3 is 2.50 bits per heavy atom. The third kappa shape index (κ3) is 1.81. The Bertz CT molecular complexity index is 277. The van der Waals surface area contributed by atoms with Crippen molar-refractivity contribution in [3.63, 3.8) is 0 Å². The van der Waals surface area contributed by atoms with E-state index in [2.05, 4.69) is 18.8 Å². The first kappa shape index (κ1) is 8.71. The minimum atomic E-state index is -0.481. The molecule has 0 bridgehead atoms. The predicted molar refractivity (Wildman–Crippen MR) is 46.8 cm³/mol. The van der Waals surface area contributed by atoms with E-state index in [1.165, 1.54) is 0 Å². The van der Waals surface area contributed by atoms with E-state index < -0.39 is 5.91 Å². The minimum absolute atomic E-state index is 0.319. The van der Waals surface area contributed by atoms with E-state index in [1.54, 1.807) is 12.3 Å². The molecule has 1 heterocycles. The second-order valence-electron chi connectivity index (χ2n) is 3.00. The molecule has 0 spiro atoms. The summed E-state index contributed by atoms with van der Waals surface area (Å²) >= 11 is 0. The molecule has 0 unspecified atom stereocenters. The lowest BCUT2D eigenvalue weighted by molar-refractivity contribution is 0.0995. The number of pyridine rings is 1. The van der Waals surface area contributed by atoms with Crippen LogP contribution in [0, 0.1) is 0 Å². The Morgan fingerprint density at radius 2 is 2.17 bits per heavy atom. The molecule has 3 heteroatoms. The normalized spacial score (nSPS) is 10.2. The molecular formula is C9H12N2O. The average Bonchev–Trinajstić information content (AvgIpc) is 2.04. The zero-order valence-corrected chi connectivity index (χ0v) is 7.24. The van der Waals surface area contributed by atoms with Crippen LogP contribution in [-0.4, -0.2) is 10.9 Å². The van der Waals surface area contributed by atoms with Crippen LogP contribution in [0.4, 0.5) is 0 Å². The van der Waals surface area contributed by atoms with Gasteiger partial charge in [-0.25, -0.2) is 0 Å². The molecule has 0 saturated carbocycles. The van der Waals surface area contributed by atoms with Crippen LogP contribution < -0.4 is 5.73 Å². The maximum absolute atomic E-state index is 10.6. The Kier molecular flexibility index (Phi) is 2.43. The fourth-order valence-electron chi connectivity index (χ4n) is 0.893. The summed E-state index contributed by atoms with van der Waals surface area (Å²) in [5.74, 6) is -0.0512. The van der Waals surface area contributed by atoms with Gasteiger partial charge in [-0.1, -0.05) is 19.9 Å². The second kappa shape index (κ2) is 3.34. The summed E-state index contributed by atoms with van der Waals surface area (Å²) in [4.78, 5) is 14.6. The molecule has 0 atom stereocenters. The summed E-state index contributed by atoms with van der Waals surface area (Å²) in [6.07, 6.45) is 1.69. The number of nitrogens with two attached hydrogens (primary N) is 1. The van der Waals surface area contributed by atoms with Crippen LogP contribution >= 0.6 is 0 Å². The van der Waals surface area contributed by atoms with E-state index in [-0.39, 0.29) is 0 Å². The van der Waals surface area contributed by atoms with Crippen molar-refractivity contribution in [3.8, 4) is 0 Å². The van der Waals surface area contributed by atoms with Gasteiger partial charge in [0.2, 0.25) is 0 Å². The first-order valence-electron chi connectivity index (χ1n) is 3.87. The van der Waals surface area contributed by atoms with Gasteiger partial charge < -0.3 is 5.73 Å². The monoisotopic (exact) mass is 164 g/mol. The van der Waals surface area contributed by atoms with E-state index in [9.17, 15) is 4.79 Å². The predicted octanol–water partition coefficient (Wildman–Crippen LogP) is 1.30. The summed E-state index contributed by atoms with van der Waals surface area (Å²) < 4.78 is 0. The third-order valence-corrected chi connectivity index (χ3v) is 1.71. The minimum Gasteiger partial charge on any atom is -0.364 e. The zero-order chi connectivity index (χ0) is 9.14. The zero-order valence-electron chi connectivity index (χ0n) is 7.24. The Balaban J connectivity index is 2.93. The quantitative estimate of drug-likeness (QED) is 0.716. The van der Waals surface area contributed by atoms with Gasteiger partial charge >= 0.3 is 0 Å². The second-order valence-corrected chi connectivity index (χ2v) is 3.00. The van der Waals surface area contributed by atoms with E-state index in [1.807, 2.05) is 6.07 Å². The van der Waals surface area contributed by atoms with E-state index in [0.29, 0.717) is 11.6 Å². The fourth-order valence-corrected chi connectivity index (χ4v) is 0.893. The molecule has 0 aliphatic rings. The largest absolute Gasteiger partial charge is 0.364 e. The van der Waals surface area contributed by atoms with E-state index >= 15 is 0 Å². The molecule has 0 aromatic carbocycles. The van der Waals surface area contributed by atoms with Crippen molar-refractivity contribution in [2.24, 2.45) is 5.73 Å². The SMILES string of the molecule is CC(C)c1ccc(C(N)=O)nc1. The first-order valence-corrected chi connectivity index (χ1v) is 3.87. The molecule has 0 radical (unpaired) electrons. The lowest BCUT2D eigenvalue weighted by atomic mass is 10.1. The molecule has 0 aliphatic heterocycles. The molecule has 12 heavy (non-hydrogen) atoms. The summed E-state index contributed by atoms with van der Waals surface area (Å²) in [5.41, 5.74) is 6.47. The van der Waals surface area contributed by atoms with Crippen LogP contribution in [-0.2, 0) is 0 Å². The van der Waals surface area contributed by atoms with Crippen LogP contribution in [0.3, 0.4) is 0 Å². The van der Waals surface area contributed by atoms with Gasteiger partial charge in [0.15, 0.2) is 0 Å². The highest BCUT2D eigenvalue weighted by Gasteiger charge is 2.02. The third-order valence-electron chi connectivity index (χ3n) is 1.71. The highest BCUT2D eigenvalue weighted by molar-refractivity contribution is 5.90. The number of primary amides is 1. The number of rotatable bonds is 2. The molecular weight excluding hydrogens is 152 g/mol. The number of carbonyl (C=O) groups is 1. The molecule has 1 aromatic heterocycles. The van der Waals surface area contributed by atoms with Gasteiger partial charge in [0, 0.05) is 6.20 Å². The molecule has 2 N–H and O–H groups in total. The van der Waals surface area contributed by atoms with Crippen molar-refractivity contribution in [3.05, 3.63) is 29.6 Å². The average molecular weight is 164 g/mol. The first-order chi connectivity index (χ1) is 5.61. The van der Waals surface area contributed by atoms with Gasteiger partial charge in [0.05, 0.1) is 0 Å². The number of hydrogen-bond donors (Lipinski definition) is 1. The maximum Gasteiger partial charge on any atom is 0.267 e. The number of amides is 1. The smallest absolute Gasteiger partial charge is 0.267 e. The molecule has 3 nitrogen and oxygen atoms in total. The standard InChI is InChI=1S/C9H12N2O/c1-6(2)7-3-4-8(9(10)12)11-5-7/h3-6H,1-2H3,(H2,10,12). The Hall–Kier alpha value is -1.38.